The monoisotopic (exact) mass is 379 g/mol. The zero-order valence-electron chi connectivity index (χ0n) is 14.9. The number of hydrogen-bond acceptors (Lipinski definition) is 6. The second kappa shape index (κ2) is 6.93. The Morgan fingerprint density at radius 1 is 1.25 bits per heavy atom. The lowest BCUT2D eigenvalue weighted by Gasteiger charge is -2.37. The zero-order chi connectivity index (χ0) is 19.8. The van der Waals surface area contributed by atoms with Crippen molar-refractivity contribution in [1.82, 2.24) is 5.01 Å². The number of hydrazone groups is 1. The Bertz CT molecular complexity index is 929. The van der Waals surface area contributed by atoms with E-state index in [9.17, 15) is 19.7 Å². The van der Waals surface area contributed by atoms with Gasteiger partial charge in [-0.3, -0.25) is 19.7 Å². The number of non-ortho nitro benzene ring substituents is 1. The van der Waals surface area contributed by atoms with Gasteiger partial charge in [-0.15, -0.1) is 6.42 Å². The molecule has 8 heteroatoms. The molecular formula is C20H17N3O5. The first-order valence-corrected chi connectivity index (χ1v) is 8.96. The van der Waals surface area contributed by atoms with Gasteiger partial charge in [0.05, 0.1) is 23.0 Å². The fourth-order valence-corrected chi connectivity index (χ4v) is 4.29. The predicted octanol–water partition coefficient (Wildman–Crippen LogP) is 2.14. The summed E-state index contributed by atoms with van der Waals surface area (Å²) in [6, 6.07) is 3.96. The Balaban J connectivity index is 1.63. The van der Waals surface area contributed by atoms with Crippen molar-refractivity contribution in [2.24, 2.45) is 28.8 Å². The van der Waals surface area contributed by atoms with Gasteiger partial charge in [-0.2, -0.15) is 10.1 Å². The Morgan fingerprint density at radius 2 is 1.89 bits per heavy atom. The number of imide groups is 1. The van der Waals surface area contributed by atoms with Crippen molar-refractivity contribution in [2.45, 2.75) is 12.8 Å². The lowest BCUT2D eigenvalue weighted by molar-refractivity contribution is -0.384. The Hall–Kier alpha value is -3.47. The largest absolute Gasteiger partial charge is 0.480 e. The van der Waals surface area contributed by atoms with Crippen LogP contribution in [0.25, 0.3) is 0 Å². The van der Waals surface area contributed by atoms with Crippen molar-refractivity contribution in [2.75, 3.05) is 6.61 Å². The van der Waals surface area contributed by atoms with E-state index in [1.807, 2.05) is 12.2 Å². The highest BCUT2D eigenvalue weighted by Gasteiger charge is 2.56. The van der Waals surface area contributed by atoms with E-state index < -0.39 is 4.92 Å². The number of nitro benzene ring substituents is 1. The smallest absolute Gasteiger partial charge is 0.270 e. The molecule has 3 aliphatic carbocycles. The number of carbonyl (C=O) groups is 2. The average molecular weight is 379 g/mol. The minimum atomic E-state index is -0.549. The number of nitro groups is 1. The van der Waals surface area contributed by atoms with Gasteiger partial charge in [0, 0.05) is 17.7 Å². The maximum atomic E-state index is 12.8. The summed E-state index contributed by atoms with van der Waals surface area (Å²) in [4.78, 5) is 36.1. The highest BCUT2D eigenvalue weighted by Crippen LogP contribution is 2.49. The Labute approximate surface area is 161 Å². The van der Waals surface area contributed by atoms with Gasteiger partial charge in [-0.1, -0.05) is 18.1 Å². The number of amides is 2. The van der Waals surface area contributed by atoms with Crippen LogP contribution in [-0.4, -0.2) is 34.6 Å². The molecule has 0 radical (unpaired) electrons. The molecule has 1 aromatic carbocycles. The maximum absolute atomic E-state index is 12.8. The normalized spacial score (nSPS) is 27.9. The summed E-state index contributed by atoms with van der Waals surface area (Å²) in [5.74, 6) is 1.37. The average Bonchev–Trinajstić information content (AvgIpc) is 2.98. The fourth-order valence-electron chi connectivity index (χ4n) is 4.29. The van der Waals surface area contributed by atoms with Crippen LogP contribution in [0.3, 0.4) is 0 Å². The minimum Gasteiger partial charge on any atom is -0.480 e. The van der Waals surface area contributed by atoms with Gasteiger partial charge < -0.3 is 4.74 Å². The molecule has 2 bridgehead atoms. The van der Waals surface area contributed by atoms with Crippen LogP contribution in [0.4, 0.5) is 5.69 Å². The van der Waals surface area contributed by atoms with E-state index >= 15 is 0 Å². The standard InChI is InChI=1S/C20H17N3O5/c1-2-9-28-16-8-7-15(23(26)27)10-14(16)11-21-22-19(24)17-12-3-4-13(6-5-12)18(17)20(22)25/h1,3-4,7-8,10-13,17-18H,5-6,9H2/b21-11-/t12-,13-,17+,18+/m0/s1. The molecule has 1 saturated carbocycles. The molecule has 5 rings (SSSR count). The van der Waals surface area contributed by atoms with Crippen LogP contribution in [0.5, 0.6) is 5.75 Å². The number of ether oxygens (including phenoxy) is 1. The molecule has 0 N–H and O–H groups in total. The third-order valence-corrected chi connectivity index (χ3v) is 5.56. The topological polar surface area (TPSA) is 102 Å². The molecule has 2 amide bonds. The van der Waals surface area contributed by atoms with E-state index in [-0.39, 0.29) is 59.1 Å². The lowest BCUT2D eigenvalue weighted by Crippen LogP contribution is -2.38. The first-order valence-electron chi connectivity index (χ1n) is 8.96. The summed E-state index contributed by atoms with van der Waals surface area (Å²) in [6.07, 6.45) is 12.3. The zero-order valence-corrected chi connectivity index (χ0v) is 14.9. The van der Waals surface area contributed by atoms with E-state index in [2.05, 4.69) is 11.0 Å². The van der Waals surface area contributed by atoms with Crippen molar-refractivity contribution in [3.8, 4) is 18.1 Å². The molecule has 0 aromatic heterocycles. The summed E-state index contributed by atoms with van der Waals surface area (Å²) in [7, 11) is 0. The van der Waals surface area contributed by atoms with Gasteiger partial charge in [0.15, 0.2) is 0 Å². The number of hydrogen-bond donors (Lipinski definition) is 0. The Kier molecular flexibility index (Phi) is 4.43. The van der Waals surface area contributed by atoms with Gasteiger partial charge in [-0.25, -0.2) is 0 Å². The molecule has 1 heterocycles. The van der Waals surface area contributed by atoms with Crippen LogP contribution in [0.1, 0.15) is 18.4 Å². The summed E-state index contributed by atoms with van der Waals surface area (Å²) in [5, 5.41) is 16.0. The molecule has 1 aromatic rings. The van der Waals surface area contributed by atoms with Crippen molar-refractivity contribution in [3.05, 3.63) is 46.0 Å². The van der Waals surface area contributed by atoms with Gasteiger partial charge in [0.25, 0.3) is 17.5 Å². The molecule has 0 unspecified atom stereocenters. The summed E-state index contributed by atoms with van der Waals surface area (Å²) < 4.78 is 5.38. The fraction of sp³-hybridized carbons (Fsp3) is 0.350. The number of nitrogens with zero attached hydrogens (tertiary/aromatic N) is 3. The number of carbonyl (C=O) groups excluding carboxylic acids is 2. The van der Waals surface area contributed by atoms with Crippen LogP contribution in [0.15, 0.2) is 35.5 Å². The number of rotatable bonds is 5. The number of fused-ring (bicyclic) bond motifs is 1. The van der Waals surface area contributed by atoms with Crippen molar-refractivity contribution in [1.29, 1.82) is 0 Å². The molecule has 8 nitrogen and oxygen atoms in total. The molecule has 142 valence electrons. The maximum Gasteiger partial charge on any atom is 0.270 e. The lowest BCUT2D eigenvalue weighted by atomic mass is 9.63. The van der Waals surface area contributed by atoms with Gasteiger partial charge in [0.2, 0.25) is 0 Å². The molecule has 1 aliphatic heterocycles. The molecular weight excluding hydrogens is 362 g/mol. The molecule has 1 saturated heterocycles. The van der Waals surface area contributed by atoms with E-state index in [0.717, 1.165) is 17.9 Å². The first-order chi connectivity index (χ1) is 13.5. The molecule has 28 heavy (non-hydrogen) atoms. The summed E-state index contributed by atoms with van der Waals surface area (Å²) >= 11 is 0. The SMILES string of the molecule is C#CCOc1ccc([N+](=O)[O-])cc1/C=N\N1C(=O)[C@H]2[C@H](C1=O)[C@H]1C=C[C@H]2CC1. The van der Waals surface area contributed by atoms with Crippen molar-refractivity contribution < 1.29 is 19.2 Å². The third kappa shape index (κ3) is 2.85. The van der Waals surface area contributed by atoms with E-state index in [4.69, 9.17) is 11.2 Å². The van der Waals surface area contributed by atoms with E-state index in [0.29, 0.717) is 0 Å². The number of benzene rings is 1. The van der Waals surface area contributed by atoms with E-state index in [1.165, 1.54) is 24.4 Å². The molecule has 2 fully saturated rings. The van der Waals surface area contributed by atoms with Crippen LogP contribution in [0, 0.1) is 46.1 Å². The summed E-state index contributed by atoms with van der Waals surface area (Å²) in [6.45, 7) is -0.0284. The number of terminal acetylenes is 1. The predicted molar refractivity (Wildman–Crippen MR) is 99.2 cm³/mol. The van der Waals surface area contributed by atoms with Crippen LogP contribution in [0.2, 0.25) is 0 Å². The highest BCUT2D eigenvalue weighted by atomic mass is 16.6. The minimum absolute atomic E-state index is 0.0284. The number of allylic oxidation sites excluding steroid dienone is 2. The van der Waals surface area contributed by atoms with Crippen molar-refractivity contribution in [3.63, 3.8) is 0 Å². The molecule has 4 atom stereocenters. The van der Waals surface area contributed by atoms with Gasteiger partial charge in [-0.05, 0) is 30.7 Å². The van der Waals surface area contributed by atoms with Crippen LogP contribution < -0.4 is 4.74 Å². The van der Waals surface area contributed by atoms with E-state index in [1.54, 1.807) is 0 Å². The highest BCUT2D eigenvalue weighted by molar-refractivity contribution is 6.06. The second-order valence-electron chi connectivity index (χ2n) is 7.05. The van der Waals surface area contributed by atoms with Crippen LogP contribution >= 0.6 is 0 Å². The quantitative estimate of drug-likeness (QED) is 0.195. The van der Waals surface area contributed by atoms with Gasteiger partial charge >= 0.3 is 0 Å². The Morgan fingerprint density at radius 3 is 2.43 bits per heavy atom. The van der Waals surface area contributed by atoms with Crippen molar-refractivity contribution >= 4 is 23.7 Å². The molecule has 4 aliphatic rings. The molecule has 0 spiro atoms. The first kappa shape index (κ1) is 17.9. The summed E-state index contributed by atoms with van der Waals surface area (Å²) in [5.41, 5.74) is 0.102. The van der Waals surface area contributed by atoms with Gasteiger partial charge in [0.1, 0.15) is 12.4 Å². The van der Waals surface area contributed by atoms with Crippen LogP contribution in [-0.2, 0) is 9.59 Å². The second-order valence-corrected chi connectivity index (χ2v) is 7.05. The third-order valence-electron chi connectivity index (χ3n) is 5.56.